The number of ether oxygens (including phenoxy) is 3. The van der Waals surface area contributed by atoms with Crippen molar-refractivity contribution in [3.05, 3.63) is 0 Å². The van der Waals surface area contributed by atoms with Crippen LogP contribution in [0.2, 0.25) is 0 Å². The van der Waals surface area contributed by atoms with E-state index in [4.69, 9.17) is 14.2 Å². The number of carbonyl (C=O) groups excluding carboxylic acids is 3. The minimum Gasteiger partial charge on any atom is -0.462 e. The first-order valence-corrected chi connectivity index (χ1v) is 28.9. The van der Waals surface area contributed by atoms with E-state index in [1.54, 1.807) is 0 Å². The molecule has 0 radical (unpaired) electrons. The Morgan fingerprint density at radius 1 is 0.297 bits per heavy atom. The predicted molar refractivity (Wildman–Crippen MR) is 275 cm³/mol. The van der Waals surface area contributed by atoms with Gasteiger partial charge in [0, 0.05) is 19.3 Å². The van der Waals surface area contributed by atoms with E-state index in [2.05, 4.69) is 27.7 Å². The Kier molecular flexibility index (Phi) is 51.1. The first-order chi connectivity index (χ1) is 31.4. The Morgan fingerprint density at radius 2 is 0.516 bits per heavy atom. The fraction of sp³-hybridized carbons (Fsp3) is 0.948. The molecule has 0 saturated heterocycles. The Labute approximate surface area is 399 Å². The Balaban J connectivity index is 4.28. The Hall–Kier alpha value is -1.59. The molecule has 64 heavy (non-hydrogen) atoms. The lowest BCUT2D eigenvalue weighted by atomic mass is 10.0. The van der Waals surface area contributed by atoms with Gasteiger partial charge in [-0.05, 0) is 25.2 Å². The molecule has 0 heterocycles. The summed E-state index contributed by atoms with van der Waals surface area (Å²) in [5, 5.41) is 0. The maximum atomic E-state index is 12.8. The average molecular weight is 906 g/mol. The van der Waals surface area contributed by atoms with Gasteiger partial charge in [0.15, 0.2) is 6.10 Å². The predicted octanol–water partition coefficient (Wildman–Crippen LogP) is 19.0. The van der Waals surface area contributed by atoms with Crippen molar-refractivity contribution in [1.82, 2.24) is 0 Å². The molecule has 0 spiro atoms. The van der Waals surface area contributed by atoms with Crippen molar-refractivity contribution >= 4 is 17.9 Å². The van der Waals surface area contributed by atoms with E-state index in [-0.39, 0.29) is 31.1 Å². The van der Waals surface area contributed by atoms with E-state index < -0.39 is 6.10 Å². The standard InChI is InChI=1S/C58H112O6/c1-5-7-9-11-13-15-17-19-20-23-26-30-34-38-42-46-50-57(60)63-53-55(52-62-56(59)49-45-41-37-33-29-18-16-14-12-10-8-6-2)64-58(61)51-47-43-39-35-31-27-24-21-22-25-28-32-36-40-44-48-54(3)4/h54-55H,5-53H2,1-4H3/t55-/m1/s1. The van der Waals surface area contributed by atoms with Crippen molar-refractivity contribution in [2.24, 2.45) is 5.92 Å². The third-order valence-corrected chi connectivity index (χ3v) is 13.3. The highest BCUT2D eigenvalue weighted by molar-refractivity contribution is 5.71. The lowest BCUT2D eigenvalue weighted by Gasteiger charge is -2.18. The van der Waals surface area contributed by atoms with Crippen LogP contribution in [0.3, 0.4) is 0 Å². The van der Waals surface area contributed by atoms with Crippen molar-refractivity contribution in [3.63, 3.8) is 0 Å². The van der Waals surface area contributed by atoms with Crippen LogP contribution in [0.5, 0.6) is 0 Å². The van der Waals surface area contributed by atoms with Crippen LogP contribution in [0, 0.1) is 5.92 Å². The summed E-state index contributed by atoms with van der Waals surface area (Å²) in [5.74, 6) is 0.0127. The van der Waals surface area contributed by atoms with E-state index in [9.17, 15) is 14.4 Å². The monoisotopic (exact) mass is 905 g/mol. The molecule has 1 atom stereocenters. The minimum absolute atomic E-state index is 0.0618. The second kappa shape index (κ2) is 52.4. The van der Waals surface area contributed by atoms with Gasteiger partial charge < -0.3 is 14.2 Å². The quantitative estimate of drug-likeness (QED) is 0.0344. The Bertz CT molecular complexity index is 964. The van der Waals surface area contributed by atoms with Crippen molar-refractivity contribution in [2.45, 2.75) is 336 Å². The van der Waals surface area contributed by atoms with Gasteiger partial charge in [0.25, 0.3) is 0 Å². The topological polar surface area (TPSA) is 78.9 Å². The smallest absolute Gasteiger partial charge is 0.306 e. The van der Waals surface area contributed by atoms with E-state index in [1.807, 2.05) is 0 Å². The zero-order chi connectivity index (χ0) is 46.7. The van der Waals surface area contributed by atoms with Crippen LogP contribution in [-0.4, -0.2) is 37.2 Å². The molecule has 0 N–H and O–H groups in total. The molecular weight excluding hydrogens is 793 g/mol. The zero-order valence-corrected chi connectivity index (χ0v) is 43.8. The molecule has 6 nitrogen and oxygen atoms in total. The molecular formula is C58H112O6. The molecule has 6 heteroatoms. The van der Waals surface area contributed by atoms with E-state index in [0.29, 0.717) is 19.3 Å². The summed E-state index contributed by atoms with van der Waals surface area (Å²) in [5.41, 5.74) is 0. The number of carbonyl (C=O) groups is 3. The van der Waals surface area contributed by atoms with Crippen LogP contribution >= 0.6 is 0 Å². The second-order valence-electron chi connectivity index (χ2n) is 20.4. The van der Waals surface area contributed by atoms with Crippen LogP contribution in [0.25, 0.3) is 0 Å². The van der Waals surface area contributed by atoms with E-state index in [1.165, 1.54) is 225 Å². The van der Waals surface area contributed by atoms with E-state index >= 15 is 0 Å². The largest absolute Gasteiger partial charge is 0.462 e. The van der Waals surface area contributed by atoms with Crippen LogP contribution < -0.4 is 0 Å². The molecule has 0 fully saturated rings. The second-order valence-corrected chi connectivity index (χ2v) is 20.4. The third-order valence-electron chi connectivity index (χ3n) is 13.3. The molecule has 0 unspecified atom stereocenters. The number of esters is 3. The lowest BCUT2D eigenvalue weighted by Crippen LogP contribution is -2.30. The molecule has 0 aliphatic heterocycles. The van der Waals surface area contributed by atoms with Gasteiger partial charge in [0.05, 0.1) is 0 Å². The number of hydrogen-bond donors (Lipinski definition) is 0. The molecule has 0 aromatic heterocycles. The SMILES string of the molecule is CCCCCCCCCCCCCCCCCCC(=O)OC[C@@H](COC(=O)CCCCCCCCCCCCCC)OC(=O)CCCCCCCCCCCCCCCCCC(C)C. The van der Waals surface area contributed by atoms with Gasteiger partial charge in [-0.1, -0.05) is 291 Å². The first-order valence-electron chi connectivity index (χ1n) is 28.9. The number of rotatable bonds is 53. The summed E-state index contributed by atoms with van der Waals surface area (Å²) in [6.07, 6.45) is 56.6. The van der Waals surface area contributed by atoms with Gasteiger partial charge in [0.2, 0.25) is 0 Å². The maximum Gasteiger partial charge on any atom is 0.306 e. The van der Waals surface area contributed by atoms with Crippen LogP contribution in [0.4, 0.5) is 0 Å². The minimum atomic E-state index is -0.761. The average Bonchev–Trinajstić information content (AvgIpc) is 3.28. The van der Waals surface area contributed by atoms with Gasteiger partial charge in [-0.25, -0.2) is 0 Å². The van der Waals surface area contributed by atoms with Gasteiger partial charge in [-0.15, -0.1) is 0 Å². The zero-order valence-electron chi connectivity index (χ0n) is 43.8. The first kappa shape index (κ1) is 62.4. The fourth-order valence-electron chi connectivity index (χ4n) is 8.92. The fourth-order valence-corrected chi connectivity index (χ4v) is 8.92. The van der Waals surface area contributed by atoms with Gasteiger partial charge >= 0.3 is 17.9 Å². The summed E-state index contributed by atoms with van der Waals surface area (Å²) < 4.78 is 16.9. The summed E-state index contributed by atoms with van der Waals surface area (Å²) in [6.45, 7) is 9.07. The van der Waals surface area contributed by atoms with Crippen molar-refractivity contribution in [1.29, 1.82) is 0 Å². The summed E-state index contributed by atoms with van der Waals surface area (Å²) in [6, 6.07) is 0. The van der Waals surface area contributed by atoms with Crippen LogP contribution in [-0.2, 0) is 28.6 Å². The number of unbranched alkanes of at least 4 members (excludes halogenated alkanes) is 40. The maximum absolute atomic E-state index is 12.8. The highest BCUT2D eigenvalue weighted by Gasteiger charge is 2.19. The molecule has 0 aromatic carbocycles. The lowest BCUT2D eigenvalue weighted by molar-refractivity contribution is -0.167. The molecule has 0 amide bonds. The third kappa shape index (κ3) is 51.4. The number of hydrogen-bond acceptors (Lipinski definition) is 6. The summed E-state index contributed by atoms with van der Waals surface area (Å²) >= 11 is 0. The van der Waals surface area contributed by atoms with Gasteiger partial charge in [-0.2, -0.15) is 0 Å². The molecule has 0 saturated carbocycles. The molecule has 380 valence electrons. The van der Waals surface area contributed by atoms with Crippen LogP contribution in [0.1, 0.15) is 329 Å². The summed E-state index contributed by atoms with van der Waals surface area (Å²) in [7, 11) is 0. The molecule has 0 bridgehead atoms. The molecule has 0 aliphatic rings. The van der Waals surface area contributed by atoms with Crippen LogP contribution in [0.15, 0.2) is 0 Å². The van der Waals surface area contributed by atoms with Crippen molar-refractivity contribution < 1.29 is 28.6 Å². The van der Waals surface area contributed by atoms with Crippen molar-refractivity contribution in [3.8, 4) is 0 Å². The summed E-state index contributed by atoms with van der Waals surface area (Å²) in [4.78, 5) is 38.1. The van der Waals surface area contributed by atoms with Gasteiger partial charge in [0.1, 0.15) is 13.2 Å². The van der Waals surface area contributed by atoms with Gasteiger partial charge in [-0.3, -0.25) is 14.4 Å². The Morgan fingerprint density at radius 3 is 0.766 bits per heavy atom. The molecule has 0 aliphatic carbocycles. The highest BCUT2D eigenvalue weighted by atomic mass is 16.6. The molecule has 0 aromatic rings. The normalized spacial score (nSPS) is 12.0. The van der Waals surface area contributed by atoms with E-state index in [0.717, 1.165) is 63.7 Å². The highest BCUT2D eigenvalue weighted by Crippen LogP contribution is 2.18. The molecule has 0 rings (SSSR count). The van der Waals surface area contributed by atoms with Crippen molar-refractivity contribution in [2.75, 3.05) is 13.2 Å².